The van der Waals surface area contributed by atoms with Crippen LogP contribution in [-0.2, 0) is 13.1 Å². The smallest absolute Gasteiger partial charge is 0.405 e. The van der Waals surface area contributed by atoms with E-state index in [2.05, 4.69) is 15.0 Å². The third kappa shape index (κ3) is 5.07. The number of benzene rings is 1. The highest BCUT2D eigenvalue weighted by atomic mass is 19.4. The zero-order valence-electron chi connectivity index (χ0n) is 11.4. The van der Waals surface area contributed by atoms with Gasteiger partial charge in [0, 0.05) is 24.3 Å². The van der Waals surface area contributed by atoms with E-state index in [4.69, 9.17) is 0 Å². The van der Waals surface area contributed by atoms with Crippen LogP contribution in [0.15, 0.2) is 42.5 Å². The largest absolute Gasteiger partial charge is 0.573 e. The Hall–Kier alpha value is -2.08. The molecule has 0 aliphatic rings. The summed E-state index contributed by atoms with van der Waals surface area (Å²) in [6, 6.07) is 11.7. The van der Waals surface area contributed by atoms with Crippen LogP contribution >= 0.6 is 0 Å². The summed E-state index contributed by atoms with van der Waals surface area (Å²) in [5, 5.41) is 3.06. The van der Waals surface area contributed by atoms with Gasteiger partial charge in [0.15, 0.2) is 0 Å². The number of aromatic nitrogens is 1. The SMILES string of the molecule is Cc1cccc(CNCc2ccccc2OC(F)(F)F)n1. The Labute approximate surface area is 120 Å². The van der Waals surface area contributed by atoms with Crippen LogP contribution in [0, 0.1) is 6.92 Å². The topological polar surface area (TPSA) is 34.1 Å². The van der Waals surface area contributed by atoms with Crippen molar-refractivity contribution < 1.29 is 17.9 Å². The van der Waals surface area contributed by atoms with Gasteiger partial charge in [-0.3, -0.25) is 4.98 Å². The first kappa shape index (κ1) is 15.3. The van der Waals surface area contributed by atoms with Crippen LogP contribution in [0.2, 0.25) is 0 Å². The van der Waals surface area contributed by atoms with Crippen LogP contribution in [0.5, 0.6) is 5.75 Å². The summed E-state index contributed by atoms with van der Waals surface area (Å²) in [5.74, 6) is -0.185. The Morgan fingerprint density at radius 3 is 2.52 bits per heavy atom. The third-order valence-electron chi connectivity index (χ3n) is 2.77. The molecule has 1 heterocycles. The van der Waals surface area contributed by atoms with Gasteiger partial charge in [-0.1, -0.05) is 24.3 Å². The molecular weight excluding hydrogens is 281 g/mol. The molecular formula is C15H15F3N2O. The normalized spacial score (nSPS) is 11.4. The lowest BCUT2D eigenvalue weighted by Gasteiger charge is -2.13. The summed E-state index contributed by atoms with van der Waals surface area (Å²) in [7, 11) is 0. The minimum absolute atomic E-state index is 0.185. The molecule has 0 aliphatic heterocycles. The highest BCUT2D eigenvalue weighted by Gasteiger charge is 2.31. The first-order valence-electron chi connectivity index (χ1n) is 6.41. The molecule has 2 rings (SSSR count). The van der Waals surface area contributed by atoms with Crippen molar-refractivity contribution in [1.29, 1.82) is 0 Å². The summed E-state index contributed by atoms with van der Waals surface area (Å²) in [5.41, 5.74) is 2.18. The van der Waals surface area contributed by atoms with Crippen molar-refractivity contribution in [3.8, 4) is 5.75 Å². The summed E-state index contributed by atoms with van der Waals surface area (Å²) in [6.45, 7) is 2.62. The molecule has 1 aromatic heterocycles. The van der Waals surface area contributed by atoms with Crippen LogP contribution in [0.1, 0.15) is 17.0 Å². The predicted octanol–water partition coefficient (Wildman–Crippen LogP) is 3.58. The lowest BCUT2D eigenvalue weighted by molar-refractivity contribution is -0.274. The quantitative estimate of drug-likeness (QED) is 0.915. The number of halogens is 3. The summed E-state index contributed by atoms with van der Waals surface area (Å²) >= 11 is 0. The zero-order chi connectivity index (χ0) is 15.3. The predicted molar refractivity (Wildman–Crippen MR) is 72.6 cm³/mol. The van der Waals surface area contributed by atoms with Crippen molar-refractivity contribution in [2.75, 3.05) is 0 Å². The van der Waals surface area contributed by atoms with Gasteiger partial charge >= 0.3 is 6.36 Å². The van der Waals surface area contributed by atoms with Gasteiger partial charge in [-0.05, 0) is 25.1 Å². The second-order valence-electron chi connectivity index (χ2n) is 4.53. The molecule has 0 saturated carbocycles. The number of pyridine rings is 1. The molecule has 0 saturated heterocycles. The van der Waals surface area contributed by atoms with Crippen LogP contribution in [0.3, 0.4) is 0 Å². The van der Waals surface area contributed by atoms with Crippen molar-refractivity contribution >= 4 is 0 Å². The lowest BCUT2D eigenvalue weighted by Crippen LogP contribution is -2.20. The number of ether oxygens (including phenoxy) is 1. The minimum Gasteiger partial charge on any atom is -0.405 e. The second kappa shape index (κ2) is 6.58. The molecule has 3 nitrogen and oxygen atoms in total. The average molecular weight is 296 g/mol. The number of aryl methyl sites for hydroxylation is 1. The fraction of sp³-hybridized carbons (Fsp3) is 0.267. The van der Waals surface area contributed by atoms with Gasteiger partial charge in [-0.25, -0.2) is 0 Å². The molecule has 0 bridgehead atoms. The van der Waals surface area contributed by atoms with E-state index in [0.717, 1.165) is 11.4 Å². The Morgan fingerprint density at radius 1 is 1.05 bits per heavy atom. The highest BCUT2D eigenvalue weighted by Crippen LogP contribution is 2.26. The van der Waals surface area contributed by atoms with Crippen molar-refractivity contribution in [3.63, 3.8) is 0 Å². The van der Waals surface area contributed by atoms with Crippen molar-refractivity contribution in [2.24, 2.45) is 0 Å². The molecule has 2 aromatic rings. The number of nitrogens with zero attached hydrogens (tertiary/aromatic N) is 1. The van der Waals surface area contributed by atoms with Crippen molar-refractivity contribution in [2.45, 2.75) is 26.4 Å². The van der Waals surface area contributed by atoms with E-state index in [-0.39, 0.29) is 12.3 Å². The molecule has 0 amide bonds. The van der Waals surface area contributed by atoms with E-state index < -0.39 is 6.36 Å². The van der Waals surface area contributed by atoms with Gasteiger partial charge in [0.05, 0.1) is 5.69 Å². The average Bonchev–Trinajstić information content (AvgIpc) is 2.39. The van der Waals surface area contributed by atoms with E-state index >= 15 is 0 Å². The zero-order valence-corrected chi connectivity index (χ0v) is 11.4. The van der Waals surface area contributed by atoms with Gasteiger partial charge in [-0.15, -0.1) is 13.2 Å². The molecule has 21 heavy (non-hydrogen) atoms. The maximum atomic E-state index is 12.3. The van der Waals surface area contributed by atoms with Gasteiger partial charge in [0.2, 0.25) is 0 Å². The van der Waals surface area contributed by atoms with Crippen LogP contribution < -0.4 is 10.1 Å². The number of rotatable bonds is 5. The number of para-hydroxylation sites is 1. The summed E-state index contributed by atoms with van der Waals surface area (Å²) in [4.78, 5) is 4.31. The molecule has 0 atom stereocenters. The Morgan fingerprint density at radius 2 is 1.81 bits per heavy atom. The molecule has 1 aromatic carbocycles. The second-order valence-corrected chi connectivity index (χ2v) is 4.53. The molecule has 112 valence electrons. The fourth-order valence-electron chi connectivity index (χ4n) is 1.90. The van der Waals surface area contributed by atoms with E-state index in [9.17, 15) is 13.2 Å². The highest BCUT2D eigenvalue weighted by molar-refractivity contribution is 5.33. The van der Waals surface area contributed by atoms with Gasteiger partial charge < -0.3 is 10.1 Å². The summed E-state index contributed by atoms with van der Waals surface area (Å²) < 4.78 is 40.9. The fourth-order valence-corrected chi connectivity index (χ4v) is 1.90. The lowest BCUT2D eigenvalue weighted by atomic mass is 10.2. The van der Waals surface area contributed by atoms with Crippen LogP contribution in [-0.4, -0.2) is 11.3 Å². The van der Waals surface area contributed by atoms with Crippen LogP contribution in [0.25, 0.3) is 0 Å². The minimum atomic E-state index is -4.69. The number of hydrogen-bond donors (Lipinski definition) is 1. The monoisotopic (exact) mass is 296 g/mol. The number of alkyl halides is 3. The molecule has 0 spiro atoms. The molecule has 6 heteroatoms. The van der Waals surface area contributed by atoms with Crippen molar-refractivity contribution in [1.82, 2.24) is 10.3 Å². The first-order chi connectivity index (χ1) is 9.94. The number of hydrogen-bond acceptors (Lipinski definition) is 3. The molecule has 0 aliphatic carbocycles. The van der Waals surface area contributed by atoms with Gasteiger partial charge in [0.1, 0.15) is 5.75 Å². The molecule has 0 unspecified atom stereocenters. The maximum absolute atomic E-state index is 12.3. The van der Waals surface area contributed by atoms with Crippen molar-refractivity contribution in [3.05, 3.63) is 59.4 Å². The van der Waals surface area contributed by atoms with E-state index in [1.54, 1.807) is 12.1 Å². The maximum Gasteiger partial charge on any atom is 0.573 e. The van der Waals surface area contributed by atoms with E-state index in [1.165, 1.54) is 12.1 Å². The van der Waals surface area contributed by atoms with E-state index in [0.29, 0.717) is 12.1 Å². The summed E-state index contributed by atoms with van der Waals surface area (Å²) in [6.07, 6.45) is -4.69. The number of nitrogens with one attached hydrogen (secondary N) is 1. The Bertz CT molecular complexity index is 599. The van der Waals surface area contributed by atoms with Crippen LogP contribution in [0.4, 0.5) is 13.2 Å². The Balaban J connectivity index is 1.97. The Kier molecular flexibility index (Phi) is 4.80. The van der Waals surface area contributed by atoms with E-state index in [1.807, 2.05) is 25.1 Å². The first-order valence-corrected chi connectivity index (χ1v) is 6.41. The van der Waals surface area contributed by atoms with Gasteiger partial charge in [0.25, 0.3) is 0 Å². The molecule has 0 radical (unpaired) electrons. The third-order valence-corrected chi connectivity index (χ3v) is 2.77. The molecule has 0 fully saturated rings. The van der Waals surface area contributed by atoms with Gasteiger partial charge in [-0.2, -0.15) is 0 Å². The molecule has 1 N–H and O–H groups in total. The standard InChI is InChI=1S/C15H15F3N2O/c1-11-5-4-7-13(20-11)10-19-9-12-6-2-3-8-14(12)21-15(16,17)18/h2-8,19H,9-10H2,1H3.